The van der Waals surface area contributed by atoms with Gasteiger partial charge in [-0.3, -0.25) is 9.69 Å². The van der Waals surface area contributed by atoms with Gasteiger partial charge in [0.1, 0.15) is 6.61 Å². The van der Waals surface area contributed by atoms with Crippen molar-refractivity contribution in [3.63, 3.8) is 0 Å². The lowest BCUT2D eigenvalue weighted by Gasteiger charge is -2.27. The van der Waals surface area contributed by atoms with Crippen LogP contribution in [-0.2, 0) is 20.8 Å². The van der Waals surface area contributed by atoms with Crippen molar-refractivity contribution in [1.82, 2.24) is 10.2 Å². The molecule has 1 aromatic rings. The molecule has 25 heavy (non-hydrogen) atoms. The lowest BCUT2D eigenvalue weighted by atomic mass is 9.81. The second-order valence-corrected chi connectivity index (χ2v) is 7.14. The standard InChI is InChI=1S/C18H24N2O5/c1-22-8-17(21)19-9-18-10-20(6-14(18)7-23-11-18)5-13-2-3-15-16(4-13)25-12-24-15/h2-4,14H,5-12H2,1H3,(H,19,21)/t14-,18+/m1/s1. The molecule has 1 amide bonds. The molecule has 2 atom stereocenters. The molecule has 0 spiro atoms. The van der Waals surface area contributed by atoms with Crippen molar-refractivity contribution in [3.05, 3.63) is 23.8 Å². The number of nitrogens with zero attached hydrogens (tertiary/aromatic N) is 1. The summed E-state index contributed by atoms with van der Waals surface area (Å²) in [7, 11) is 1.53. The molecule has 0 unspecified atom stereocenters. The minimum absolute atomic E-state index is 0.000258. The molecule has 2 saturated heterocycles. The topological polar surface area (TPSA) is 69.3 Å². The predicted molar refractivity (Wildman–Crippen MR) is 89.5 cm³/mol. The first-order chi connectivity index (χ1) is 12.2. The van der Waals surface area contributed by atoms with Gasteiger partial charge in [-0.05, 0) is 17.7 Å². The maximum absolute atomic E-state index is 11.7. The average molecular weight is 348 g/mol. The fourth-order valence-corrected chi connectivity index (χ4v) is 4.07. The van der Waals surface area contributed by atoms with Crippen LogP contribution >= 0.6 is 0 Å². The Hall–Kier alpha value is -1.83. The van der Waals surface area contributed by atoms with E-state index in [1.54, 1.807) is 0 Å². The summed E-state index contributed by atoms with van der Waals surface area (Å²) >= 11 is 0. The summed E-state index contributed by atoms with van der Waals surface area (Å²) in [5, 5.41) is 3.00. The summed E-state index contributed by atoms with van der Waals surface area (Å²) in [6.45, 7) is 5.25. The number of fused-ring (bicyclic) bond motifs is 2. The monoisotopic (exact) mass is 348 g/mol. The van der Waals surface area contributed by atoms with Crippen LogP contribution in [0.25, 0.3) is 0 Å². The minimum Gasteiger partial charge on any atom is -0.454 e. The fourth-order valence-electron chi connectivity index (χ4n) is 4.07. The van der Waals surface area contributed by atoms with Crippen molar-refractivity contribution in [2.24, 2.45) is 11.3 Å². The molecule has 0 radical (unpaired) electrons. The number of nitrogens with one attached hydrogen (secondary N) is 1. The van der Waals surface area contributed by atoms with Crippen molar-refractivity contribution in [3.8, 4) is 11.5 Å². The molecule has 4 rings (SSSR count). The second-order valence-electron chi connectivity index (χ2n) is 7.14. The first kappa shape index (κ1) is 16.6. The van der Waals surface area contributed by atoms with E-state index in [4.69, 9.17) is 18.9 Å². The van der Waals surface area contributed by atoms with Crippen LogP contribution in [0, 0.1) is 11.3 Å². The van der Waals surface area contributed by atoms with E-state index in [-0.39, 0.29) is 17.9 Å². The van der Waals surface area contributed by atoms with Crippen LogP contribution in [0.1, 0.15) is 5.56 Å². The van der Waals surface area contributed by atoms with Gasteiger partial charge in [-0.1, -0.05) is 6.07 Å². The zero-order chi connectivity index (χ0) is 17.3. The van der Waals surface area contributed by atoms with Gasteiger partial charge in [0.05, 0.1) is 13.2 Å². The van der Waals surface area contributed by atoms with E-state index in [9.17, 15) is 4.79 Å². The van der Waals surface area contributed by atoms with Gasteiger partial charge in [0.15, 0.2) is 11.5 Å². The number of methoxy groups -OCH3 is 1. The first-order valence-electron chi connectivity index (χ1n) is 8.63. The van der Waals surface area contributed by atoms with Crippen molar-refractivity contribution < 1.29 is 23.7 Å². The van der Waals surface area contributed by atoms with Gasteiger partial charge in [-0.25, -0.2) is 0 Å². The number of amides is 1. The second kappa shape index (κ2) is 6.82. The van der Waals surface area contributed by atoms with Gasteiger partial charge < -0.3 is 24.3 Å². The third kappa shape index (κ3) is 3.31. The number of hydrogen-bond donors (Lipinski definition) is 1. The van der Waals surface area contributed by atoms with Crippen LogP contribution in [-0.4, -0.2) is 64.2 Å². The van der Waals surface area contributed by atoms with Gasteiger partial charge in [-0.15, -0.1) is 0 Å². The third-order valence-electron chi connectivity index (χ3n) is 5.35. The molecule has 7 heteroatoms. The summed E-state index contributed by atoms with van der Waals surface area (Å²) in [5.41, 5.74) is 1.21. The zero-order valence-electron chi connectivity index (χ0n) is 14.5. The molecule has 1 aromatic carbocycles. The molecule has 0 aromatic heterocycles. The van der Waals surface area contributed by atoms with Crippen molar-refractivity contribution in [2.45, 2.75) is 6.54 Å². The van der Waals surface area contributed by atoms with Gasteiger partial charge in [0.2, 0.25) is 12.7 Å². The highest BCUT2D eigenvalue weighted by Crippen LogP contribution is 2.41. The van der Waals surface area contributed by atoms with E-state index in [2.05, 4.69) is 22.3 Å². The summed E-state index contributed by atoms with van der Waals surface area (Å²) in [4.78, 5) is 14.2. The number of benzene rings is 1. The smallest absolute Gasteiger partial charge is 0.246 e. The van der Waals surface area contributed by atoms with E-state index in [0.717, 1.165) is 37.7 Å². The quantitative estimate of drug-likeness (QED) is 0.813. The summed E-state index contributed by atoms with van der Waals surface area (Å²) in [6, 6.07) is 6.11. The zero-order valence-corrected chi connectivity index (χ0v) is 14.5. The average Bonchev–Trinajstić information content (AvgIpc) is 3.26. The highest BCUT2D eigenvalue weighted by Gasteiger charge is 2.50. The van der Waals surface area contributed by atoms with Crippen LogP contribution in [0.2, 0.25) is 0 Å². The molecule has 136 valence electrons. The Kier molecular flexibility index (Phi) is 4.54. The molecule has 2 fully saturated rings. The number of carbonyl (C=O) groups excluding carboxylic acids is 1. The molecule has 1 N–H and O–H groups in total. The van der Waals surface area contributed by atoms with E-state index in [1.165, 1.54) is 12.7 Å². The summed E-state index contributed by atoms with van der Waals surface area (Å²) in [5.74, 6) is 2.01. The lowest BCUT2D eigenvalue weighted by molar-refractivity contribution is -0.125. The van der Waals surface area contributed by atoms with Crippen molar-refractivity contribution >= 4 is 5.91 Å². The third-order valence-corrected chi connectivity index (χ3v) is 5.35. The Morgan fingerprint density at radius 2 is 2.28 bits per heavy atom. The number of rotatable bonds is 6. The van der Waals surface area contributed by atoms with Crippen LogP contribution in [0.4, 0.5) is 0 Å². The SMILES string of the molecule is COCC(=O)NC[C@]12COC[C@H]1CN(Cc1ccc3c(c1)OCO3)C2. The molecular weight excluding hydrogens is 324 g/mol. The van der Waals surface area contributed by atoms with Gasteiger partial charge in [0.25, 0.3) is 0 Å². The Balaban J connectivity index is 1.39. The van der Waals surface area contributed by atoms with Crippen LogP contribution < -0.4 is 14.8 Å². The largest absolute Gasteiger partial charge is 0.454 e. The number of likely N-dealkylation sites (tertiary alicyclic amines) is 1. The fraction of sp³-hybridized carbons (Fsp3) is 0.611. The van der Waals surface area contributed by atoms with Crippen LogP contribution in [0.3, 0.4) is 0 Å². The lowest BCUT2D eigenvalue weighted by Crippen LogP contribution is -2.44. The van der Waals surface area contributed by atoms with Gasteiger partial charge in [-0.2, -0.15) is 0 Å². The number of ether oxygens (including phenoxy) is 4. The predicted octanol–water partition coefficient (Wildman–Crippen LogP) is 0.626. The van der Waals surface area contributed by atoms with E-state index >= 15 is 0 Å². The number of carbonyl (C=O) groups is 1. The minimum atomic E-state index is -0.0725. The van der Waals surface area contributed by atoms with E-state index < -0.39 is 0 Å². The Bertz CT molecular complexity index is 652. The van der Waals surface area contributed by atoms with Crippen molar-refractivity contribution in [1.29, 1.82) is 0 Å². The highest BCUT2D eigenvalue weighted by atomic mass is 16.7. The molecular formula is C18H24N2O5. The molecule has 3 heterocycles. The Morgan fingerprint density at radius 1 is 1.40 bits per heavy atom. The summed E-state index contributed by atoms with van der Waals surface area (Å²) in [6.07, 6.45) is 0. The molecule has 3 aliphatic rings. The van der Waals surface area contributed by atoms with Gasteiger partial charge in [0, 0.05) is 44.6 Å². The molecule has 7 nitrogen and oxygen atoms in total. The molecule has 0 saturated carbocycles. The number of hydrogen-bond acceptors (Lipinski definition) is 6. The highest BCUT2D eigenvalue weighted by molar-refractivity contribution is 5.77. The summed E-state index contributed by atoms with van der Waals surface area (Å²) < 4.78 is 21.4. The Morgan fingerprint density at radius 3 is 3.16 bits per heavy atom. The maximum Gasteiger partial charge on any atom is 0.246 e. The van der Waals surface area contributed by atoms with Crippen LogP contribution in [0.15, 0.2) is 18.2 Å². The van der Waals surface area contributed by atoms with E-state index in [1.807, 2.05) is 6.07 Å². The first-order valence-corrected chi connectivity index (χ1v) is 8.63. The van der Waals surface area contributed by atoms with Crippen molar-refractivity contribution in [2.75, 3.05) is 53.4 Å². The Labute approximate surface area is 147 Å². The normalized spacial score (nSPS) is 27.5. The molecule has 0 aliphatic carbocycles. The van der Waals surface area contributed by atoms with Gasteiger partial charge >= 0.3 is 0 Å². The van der Waals surface area contributed by atoms with E-state index in [0.29, 0.717) is 25.9 Å². The maximum atomic E-state index is 11.7. The molecule has 0 bridgehead atoms. The van der Waals surface area contributed by atoms with Crippen LogP contribution in [0.5, 0.6) is 11.5 Å². The molecule has 3 aliphatic heterocycles.